The van der Waals surface area contributed by atoms with Crippen LogP contribution in [-0.2, 0) is 0 Å². The topological polar surface area (TPSA) is 88.2 Å². The van der Waals surface area contributed by atoms with Gasteiger partial charge in [-0.25, -0.2) is 4.79 Å². The molecule has 6 nitrogen and oxygen atoms in total. The van der Waals surface area contributed by atoms with Crippen LogP contribution in [0.2, 0.25) is 0 Å². The van der Waals surface area contributed by atoms with Gasteiger partial charge in [-0.2, -0.15) is 4.98 Å². The van der Waals surface area contributed by atoms with Crippen molar-refractivity contribution in [2.75, 3.05) is 0 Å². The summed E-state index contributed by atoms with van der Waals surface area (Å²) in [5.41, 5.74) is -0.736. The number of aromatic nitrogens is 2. The van der Waals surface area contributed by atoms with Crippen LogP contribution in [0.15, 0.2) is 4.52 Å². The average molecular weight is 253 g/mol. The van der Waals surface area contributed by atoms with Crippen LogP contribution >= 0.6 is 0 Å². The zero-order valence-electron chi connectivity index (χ0n) is 11.1. The number of aryl methyl sites for hydroxylation is 1. The number of nitrogens with one attached hydrogen (secondary N) is 1. The Morgan fingerprint density at radius 3 is 2.67 bits per heavy atom. The summed E-state index contributed by atoms with van der Waals surface area (Å²) in [6.07, 6.45) is 0.628. The molecule has 2 N–H and O–H groups in total. The first-order valence-corrected chi connectivity index (χ1v) is 6.07. The fourth-order valence-electron chi connectivity index (χ4n) is 2.87. The molecule has 0 aliphatic heterocycles. The van der Waals surface area contributed by atoms with E-state index in [0.717, 1.165) is 12.8 Å². The fraction of sp³-hybridized carbons (Fsp3) is 0.750. The van der Waals surface area contributed by atoms with Gasteiger partial charge in [0.1, 0.15) is 0 Å². The normalized spacial score (nSPS) is 30.3. The third kappa shape index (κ3) is 1.85. The van der Waals surface area contributed by atoms with Crippen LogP contribution in [-0.4, -0.2) is 26.9 Å². The van der Waals surface area contributed by atoms with Crippen LogP contribution in [0.4, 0.5) is 4.79 Å². The average Bonchev–Trinajstić information content (AvgIpc) is 2.71. The van der Waals surface area contributed by atoms with Gasteiger partial charge in [-0.05, 0) is 25.2 Å². The van der Waals surface area contributed by atoms with Crippen LogP contribution in [0.25, 0.3) is 0 Å². The van der Waals surface area contributed by atoms with E-state index in [2.05, 4.69) is 15.5 Å². The van der Waals surface area contributed by atoms with E-state index in [1.165, 1.54) is 0 Å². The van der Waals surface area contributed by atoms with Crippen molar-refractivity contribution in [3.05, 3.63) is 11.7 Å². The predicted octanol–water partition coefficient (Wildman–Crippen LogP) is 2.31. The Hall–Kier alpha value is -1.59. The Bertz CT molecular complexity index is 469. The molecule has 1 aromatic rings. The molecule has 1 aliphatic carbocycles. The minimum absolute atomic E-state index is 0.104. The van der Waals surface area contributed by atoms with Gasteiger partial charge in [0, 0.05) is 18.4 Å². The molecule has 1 heterocycles. The van der Waals surface area contributed by atoms with Gasteiger partial charge in [-0.15, -0.1) is 0 Å². The fourth-order valence-corrected chi connectivity index (χ4v) is 2.87. The van der Waals surface area contributed by atoms with E-state index in [-0.39, 0.29) is 11.3 Å². The SMILES string of the molecule is Cc1nc([C@H]2CC[C@@](C)(NC(=O)O)C2(C)C)no1. The zero-order chi connectivity index (χ0) is 13.6. The summed E-state index contributed by atoms with van der Waals surface area (Å²) in [4.78, 5) is 15.2. The van der Waals surface area contributed by atoms with Gasteiger partial charge in [0.05, 0.1) is 0 Å². The van der Waals surface area contributed by atoms with Crippen LogP contribution in [0, 0.1) is 12.3 Å². The van der Waals surface area contributed by atoms with Crippen molar-refractivity contribution >= 4 is 6.09 Å². The van der Waals surface area contributed by atoms with Crippen molar-refractivity contribution in [2.24, 2.45) is 5.41 Å². The van der Waals surface area contributed by atoms with Crippen molar-refractivity contribution in [1.82, 2.24) is 15.5 Å². The van der Waals surface area contributed by atoms with Gasteiger partial charge in [0.2, 0.25) is 5.89 Å². The van der Waals surface area contributed by atoms with Crippen molar-refractivity contribution < 1.29 is 14.4 Å². The molecule has 0 bridgehead atoms. The molecular weight excluding hydrogens is 234 g/mol. The predicted molar refractivity (Wildman–Crippen MR) is 64.4 cm³/mol. The summed E-state index contributed by atoms with van der Waals surface area (Å²) in [6, 6.07) is 0. The highest BCUT2D eigenvalue weighted by atomic mass is 16.5. The first-order valence-electron chi connectivity index (χ1n) is 6.07. The Kier molecular flexibility index (Phi) is 2.83. The molecule has 2 atom stereocenters. The number of amides is 1. The van der Waals surface area contributed by atoms with E-state index in [4.69, 9.17) is 9.63 Å². The molecule has 0 aromatic carbocycles. The van der Waals surface area contributed by atoms with Gasteiger partial charge in [0.15, 0.2) is 5.82 Å². The molecule has 18 heavy (non-hydrogen) atoms. The second kappa shape index (κ2) is 3.96. The van der Waals surface area contributed by atoms with Gasteiger partial charge < -0.3 is 14.9 Å². The number of hydrogen-bond acceptors (Lipinski definition) is 4. The summed E-state index contributed by atoms with van der Waals surface area (Å²) < 4.78 is 5.02. The van der Waals surface area contributed by atoms with E-state index >= 15 is 0 Å². The minimum Gasteiger partial charge on any atom is -0.465 e. The summed E-state index contributed by atoms with van der Waals surface area (Å²) in [7, 11) is 0. The summed E-state index contributed by atoms with van der Waals surface area (Å²) >= 11 is 0. The monoisotopic (exact) mass is 253 g/mol. The van der Waals surface area contributed by atoms with E-state index in [1.807, 2.05) is 20.8 Å². The number of carbonyl (C=O) groups is 1. The molecule has 6 heteroatoms. The Morgan fingerprint density at radius 1 is 1.50 bits per heavy atom. The molecular formula is C12H19N3O3. The lowest BCUT2D eigenvalue weighted by atomic mass is 9.71. The van der Waals surface area contributed by atoms with Gasteiger partial charge in [0.25, 0.3) is 0 Å². The van der Waals surface area contributed by atoms with Crippen LogP contribution in [0.1, 0.15) is 51.2 Å². The van der Waals surface area contributed by atoms with E-state index in [9.17, 15) is 4.79 Å². The van der Waals surface area contributed by atoms with Gasteiger partial charge in [-0.3, -0.25) is 0 Å². The van der Waals surface area contributed by atoms with Crippen molar-refractivity contribution in [3.63, 3.8) is 0 Å². The molecule has 0 spiro atoms. The summed E-state index contributed by atoms with van der Waals surface area (Å²) in [5, 5.41) is 15.6. The molecule has 0 radical (unpaired) electrons. The number of rotatable bonds is 2. The molecule has 100 valence electrons. The first kappa shape index (κ1) is 12.9. The quantitative estimate of drug-likeness (QED) is 0.844. The molecule has 1 saturated carbocycles. The lowest BCUT2D eigenvalue weighted by Crippen LogP contribution is -2.53. The molecule has 1 amide bonds. The maximum Gasteiger partial charge on any atom is 0.405 e. The number of nitrogens with zero attached hydrogens (tertiary/aromatic N) is 2. The van der Waals surface area contributed by atoms with Gasteiger partial charge >= 0.3 is 6.09 Å². The highest BCUT2D eigenvalue weighted by Crippen LogP contribution is 2.54. The van der Waals surface area contributed by atoms with Crippen LogP contribution < -0.4 is 5.32 Å². The molecule has 1 aliphatic rings. The van der Waals surface area contributed by atoms with E-state index < -0.39 is 11.6 Å². The maximum atomic E-state index is 10.9. The van der Waals surface area contributed by atoms with Crippen molar-refractivity contribution in [3.8, 4) is 0 Å². The summed E-state index contributed by atoms with van der Waals surface area (Å²) in [5.74, 6) is 1.32. The van der Waals surface area contributed by atoms with E-state index in [1.54, 1.807) is 6.92 Å². The molecule has 1 fully saturated rings. The smallest absolute Gasteiger partial charge is 0.405 e. The molecule has 2 rings (SSSR count). The standard InChI is InChI=1S/C12H19N3O3/c1-7-13-9(15-18-7)8-5-6-12(4,11(8,2)3)14-10(16)17/h8,14H,5-6H2,1-4H3,(H,16,17)/t8-,12-/m1/s1. The summed E-state index contributed by atoms with van der Waals surface area (Å²) in [6.45, 7) is 7.79. The molecule has 1 aromatic heterocycles. The Labute approximate surface area is 106 Å². The second-order valence-electron chi connectivity index (χ2n) is 5.75. The Balaban J connectivity index is 2.30. The van der Waals surface area contributed by atoms with Crippen LogP contribution in [0.3, 0.4) is 0 Å². The highest BCUT2D eigenvalue weighted by Gasteiger charge is 2.54. The second-order valence-corrected chi connectivity index (χ2v) is 5.75. The number of hydrogen-bond donors (Lipinski definition) is 2. The number of carboxylic acid groups (broad SMARTS) is 1. The van der Waals surface area contributed by atoms with E-state index in [0.29, 0.717) is 11.7 Å². The molecule has 0 saturated heterocycles. The molecule has 0 unspecified atom stereocenters. The van der Waals surface area contributed by atoms with Crippen LogP contribution in [0.5, 0.6) is 0 Å². The third-order valence-electron chi connectivity index (χ3n) is 4.46. The first-order chi connectivity index (χ1) is 8.26. The lowest BCUT2D eigenvalue weighted by Gasteiger charge is -2.40. The Morgan fingerprint density at radius 2 is 2.17 bits per heavy atom. The van der Waals surface area contributed by atoms with Crippen molar-refractivity contribution in [2.45, 2.75) is 52.0 Å². The van der Waals surface area contributed by atoms with Crippen molar-refractivity contribution in [1.29, 1.82) is 0 Å². The lowest BCUT2D eigenvalue weighted by molar-refractivity contribution is 0.132. The maximum absolute atomic E-state index is 10.9. The largest absolute Gasteiger partial charge is 0.465 e. The third-order valence-corrected chi connectivity index (χ3v) is 4.46. The highest BCUT2D eigenvalue weighted by molar-refractivity contribution is 5.66. The zero-order valence-corrected chi connectivity index (χ0v) is 11.1. The minimum atomic E-state index is -0.990. The van der Waals surface area contributed by atoms with Gasteiger partial charge in [-0.1, -0.05) is 19.0 Å².